The summed E-state index contributed by atoms with van der Waals surface area (Å²) in [7, 11) is 0. The Hall–Kier alpha value is -3.15. The summed E-state index contributed by atoms with van der Waals surface area (Å²) in [5, 5.41) is 4.28. The lowest BCUT2D eigenvalue weighted by molar-refractivity contribution is 0.0971. The lowest BCUT2D eigenvalue weighted by atomic mass is 10.3. The van der Waals surface area contributed by atoms with E-state index in [1.807, 2.05) is 18.7 Å². The highest BCUT2D eigenvalue weighted by molar-refractivity contribution is 6.32. The monoisotopic (exact) mass is 429 g/mol. The molecular formula is C16H24ClN7O5. The molecule has 0 spiro atoms. The van der Waals surface area contributed by atoms with Gasteiger partial charge in [0.1, 0.15) is 0 Å². The van der Waals surface area contributed by atoms with Crippen molar-refractivity contribution in [3.63, 3.8) is 0 Å². The standard InChI is InChI=1S/C16H24ClN7O5/c1-5-24(6-2)12-10(17)19-9(11(18)20-12)13(25)21-14(22-15(26)28-7-3)23-16(27)29-8-4/h5-8H2,1-4H3,(H2,18,20)(H2,21,22,23,25,26,27). The number of carbonyl (C=O) groups is 3. The normalized spacial score (nSPS) is 10.9. The molecule has 0 atom stereocenters. The van der Waals surface area contributed by atoms with Gasteiger partial charge in [-0.1, -0.05) is 11.6 Å². The molecule has 1 heterocycles. The minimum Gasteiger partial charge on any atom is -0.450 e. The Morgan fingerprint density at radius 3 is 2.24 bits per heavy atom. The number of rotatable bonds is 6. The predicted molar refractivity (Wildman–Crippen MR) is 107 cm³/mol. The van der Waals surface area contributed by atoms with Crippen molar-refractivity contribution in [1.29, 1.82) is 0 Å². The highest BCUT2D eigenvalue weighted by Gasteiger charge is 2.21. The van der Waals surface area contributed by atoms with Gasteiger partial charge in [0.15, 0.2) is 22.5 Å². The molecule has 4 N–H and O–H groups in total. The van der Waals surface area contributed by atoms with Crippen LogP contribution in [0, 0.1) is 0 Å². The summed E-state index contributed by atoms with van der Waals surface area (Å²) >= 11 is 6.14. The van der Waals surface area contributed by atoms with Gasteiger partial charge in [0.2, 0.25) is 5.96 Å². The van der Waals surface area contributed by atoms with E-state index in [0.717, 1.165) is 0 Å². The largest absolute Gasteiger partial charge is 0.450 e. The fraction of sp³-hybridized carbons (Fsp3) is 0.500. The van der Waals surface area contributed by atoms with Crippen LogP contribution in [0.4, 0.5) is 21.2 Å². The van der Waals surface area contributed by atoms with Crippen molar-refractivity contribution in [2.24, 2.45) is 4.99 Å². The van der Waals surface area contributed by atoms with E-state index in [0.29, 0.717) is 18.9 Å². The van der Waals surface area contributed by atoms with Crippen molar-refractivity contribution in [2.45, 2.75) is 27.7 Å². The Balaban J connectivity index is 3.14. The zero-order valence-electron chi connectivity index (χ0n) is 16.6. The molecule has 0 saturated carbocycles. The van der Waals surface area contributed by atoms with Gasteiger partial charge < -0.3 is 20.1 Å². The molecule has 12 nitrogen and oxygen atoms in total. The Bertz CT molecular complexity index is 783. The van der Waals surface area contributed by atoms with Crippen LogP contribution in [0.1, 0.15) is 38.2 Å². The Labute approximate surface area is 172 Å². The van der Waals surface area contributed by atoms with E-state index in [1.54, 1.807) is 13.8 Å². The number of aliphatic imine (C=N–C) groups is 1. The number of alkyl carbamates (subject to hydrolysis) is 1. The number of nitrogens with zero attached hydrogens (tertiary/aromatic N) is 4. The maximum Gasteiger partial charge on any atom is 0.436 e. The number of carbonyl (C=O) groups excluding carboxylic acids is 3. The van der Waals surface area contributed by atoms with Crippen LogP contribution >= 0.6 is 11.6 Å². The number of guanidine groups is 1. The second-order valence-corrected chi connectivity index (χ2v) is 5.56. The van der Waals surface area contributed by atoms with Gasteiger partial charge >= 0.3 is 12.2 Å². The SMILES string of the molecule is CCOC(=O)/N=C(/NC(=O)OCC)NC(=O)c1nc(Cl)c(N(CC)CC)nc1N. The quantitative estimate of drug-likeness (QED) is 0.449. The Kier molecular flexibility index (Phi) is 9.59. The number of nitrogen functional groups attached to an aromatic ring is 1. The summed E-state index contributed by atoms with van der Waals surface area (Å²) in [6, 6.07) is 0. The van der Waals surface area contributed by atoms with Gasteiger partial charge in [-0.05, 0) is 27.7 Å². The first kappa shape index (κ1) is 23.9. The van der Waals surface area contributed by atoms with Gasteiger partial charge in [0.05, 0.1) is 13.2 Å². The molecule has 160 valence electrons. The summed E-state index contributed by atoms with van der Waals surface area (Å²) < 4.78 is 9.36. The Morgan fingerprint density at radius 1 is 1.07 bits per heavy atom. The van der Waals surface area contributed by atoms with E-state index in [9.17, 15) is 14.4 Å². The lowest BCUT2D eigenvalue weighted by Gasteiger charge is -2.21. The maximum absolute atomic E-state index is 12.5. The molecule has 1 rings (SSSR count). The van der Waals surface area contributed by atoms with Crippen LogP contribution in [0.3, 0.4) is 0 Å². The molecule has 29 heavy (non-hydrogen) atoms. The lowest BCUT2D eigenvalue weighted by Crippen LogP contribution is -2.45. The third kappa shape index (κ3) is 7.07. The fourth-order valence-electron chi connectivity index (χ4n) is 2.07. The molecule has 3 amide bonds. The first-order chi connectivity index (χ1) is 13.8. The summed E-state index contributed by atoms with van der Waals surface area (Å²) in [4.78, 5) is 49.1. The number of hydrogen-bond donors (Lipinski definition) is 3. The van der Waals surface area contributed by atoms with Crippen LogP contribution in [0.25, 0.3) is 0 Å². The number of halogens is 1. The highest BCUT2D eigenvalue weighted by Crippen LogP contribution is 2.24. The third-order valence-electron chi connectivity index (χ3n) is 3.34. The highest BCUT2D eigenvalue weighted by atomic mass is 35.5. The van der Waals surface area contributed by atoms with Crippen LogP contribution in [0.15, 0.2) is 4.99 Å². The average molecular weight is 430 g/mol. The van der Waals surface area contributed by atoms with Crippen molar-refractivity contribution in [3.8, 4) is 0 Å². The zero-order chi connectivity index (χ0) is 22.0. The van der Waals surface area contributed by atoms with E-state index in [4.69, 9.17) is 22.1 Å². The predicted octanol–water partition coefficient (Wildman–Crippen LogP) is 1.55. The summed E-state index contributed by atoms with van der Waals surface area (Å²) in [5.74, 6) is -1.30. The number of anilines is 2. The number of aromatic nitrogens is 2. The van der Waals surface area contributed by atoms with Crippen LogP contribution < -0.4 is 21.3 Å². The molecule has 13 heteroatoms. The van der Waals surface area contributed by atoms with Gasteiger partial charge in [0.25, 0.3) is 5.91 Å². The van der Waals surface area contributed by atoms with Crippen molar-refractivity contribution in [3.05, 3.63) is 10.8 Å². The van der Waals surface area contributed by atoms with Crippen molar-refractivity contribution in [2.75, 3.05) is 36.9 Å². The first-order valence-corrected chi connectivity index (χ1v) is 9.23. The molecule has 0 aliphatic heterocycles. The number of nitrogens with two attached hydrogens (primary N) is 1. The van der Waals surface area contributed by atoms with Gasteiger partial charge in [0, 0.05) is 13.1 Å². The molecule has 0 unspecified atom stereocenters. The maximum atomic E-state index is 12.5. The van der Waals surface area contributed by atoms with E-state index >= 15 is 0 Å². The molecular weight excluding hydrogens is 406 g/mol. The number of amides is 3. The average Bonchev–Trinajstić information content (AvgIpc) is 2.65. The molecule has 0 saturated heterocycles. The number of nitrogens with one attached hydrogen (secondary N) is 2. The third-order valence-corrected chi connectivity index (χ3v) is 3.59. The molecule has 0 aliphatic rings. The number of hydrogen-bond acceptors (Lipinski definition) is 9. The van der Waals surface area contributed by atoms with Crippen LogP contribution in [-0.2, 0) is 9.47 Å². The fourth-order valence-corrected chi connectivity index (χ4v) is 2.32. The molecule has 0 fully saturated rings. The van der Waals surface area contributed by atoms with E-state index < -0.39 is 24.1 Å². The summed E-state index contributed by atoms with van der Waals surface area (Å²) in [6.45, 7) is 8.27. The second kappa shape index (κ2) is 11.6. The van der Waals surface area contributed by atoms with Crippen molar-refractivity contribution >= 4 is 47.3 Å². The Morgan fingerprint density at radius 2 is 1.69 bits per heavy atom. The van der Waals surface area contributed by atoms with Gasteiger partial charge in [-0.2, -0.15) is 0 Å². The molecule has 0 aliphatic carbocycles. The minimum atomic E-state index is -1.03. The van der Waals surface area contributed by atoms with Crippen molar-refractivity contribution < 1.29 is 23.9 Å². The smallest absolute Gasteiger partial charge is 0.436 e. The van der Waals surface area contributed by atoms with Crippen molar-refractivity contribution in [1.82, 2.24) is 20.6 Å². The van der Waals surface area contributed by atoms with Crippen LogP contribution in [0.2, 0.25) is 5.15 Å². The summed E-state index contributed by atoms with van der Waals surface area (Å²) in [6.07, 6.45) is -1.97. The molecule has 1 aromatic rings. The topological polar surface area (TPSA) is 161 Å². The van der Waals surface area contributed by atoms with Crippen LogP contribution in [-0.4, -0.2) is 60.3 Å². The van der Waals surface area contributed by atoms with Gasteiger partial charge in [-0.3, -0.25) is 15.4 Å². The molecule has 0 bridgehead atoms. The van der Waals surface area contributed by atoms with Gasteiger partial charge in [-0.15, -0.1) is 4.99 Å². The minimum absolute atomic E-state index is 0.0321. The summed E-state index contributed by atoms with van der Waals surface area (Å²) in [5.41, 5.74) is 5.54. The molecule has 1 aromatic heterocycles. The van der Waals surface area contributed by atoms with E-state index in [-0.39, 0.29) is 29.9 Å². The second-order valence-electron chi connectivity index (χ2n) is 5.20. The molecule has 0 radical (unpaired) electrons. The van der Waals surface area contributed by atoms with Crippen LogP contribution in [0.5, 0.6) is 0 Å². The van der Waals surface area contributed by atoms with E-state index in [2.05, 4.69) is 30.3 Å². The van der Waals surface area contributed by atoms with E-state index in [1.165, 1.54) is 0 Å². The number of ether oxygens (including phenoxy) is 2. The first-order valence-electron chi connectivity index (χ1n) is 8.85. The zero-order valence-corrected chi connectivity index (χ0v) is 17.4. The molecule has 0 aromatic carbocycles. The van der Waals surface area contributed by atoms with Gasteiger partial charge in [-0.25, -0.2) is 19.6 Å².